The summed E-state index contributed by atoms with van der Waals surface area (Å²) < 4.78 is 0. The third-order valence-electron chi connectivity index (χ3n) is 4.74. The second-order valence-electron chi connectivity index (χ2n) is 6.78. The van der Waals surface area contributed by atoms with Crippen LogP contribution in [-0.2, 0) is 17.2 Å². The minimum Gasteiger partial charge on any atom is -0.355 e. The number of aromatic nitrogens is 1. The third kappa shape index (κ3) is 5.67. The fourth-order valence-corrected chi connectivity index (χ4v) is 4.31. The fraction of sp³-hybridized carbons (Fsp3) is 0.130. The van der Waals surface area contributed by atoms with E-state index in [-0.39, 0.29) is 24.2 Å². The molecule has 0 atom stereocenters. The normalized spacial score (nSPS) is 11.0. The third-order valence-corrected chi connectivity index (χ3v) is 6.00. The molecule has 2 aromatic carbocycles. The Morgan fingerprint density at radius 1 is 1.03 bits per heavy atom. The molecular formula is C23H19Cl4N3O2. The van der Waals surface area contributed by atoms with Crippen LogP contribution >= 0.6 is 46.4 Å². The average molecular weight is 511 g/mol. The number of rotatable bonds is 7. The van der Waals surface area contributed by atoms with Gasteiger partial charge in [0.2, 0.25) is 5.91 Å². The number of amides is 2. The number of alkyl halides is 1. The van der Waals surface area contributed by atoms with Gasteiger partial charge in [0.25, 0.3) is 5.91 Å². The highest BCUT2D eigenvalue weighted by atomic mass is 35.5. The highest BCUT2D eigenvalue weighted by molar-refractivity contribution is 6.39. The predicted octanol–water partition coefficient (Wildman–Crippen LogP) is 6.07. The monoisotopic (exact) mass is 509 g/mol. The Balaban J connectivity index is 1.71. The van der Waals surface area contributed by atoms with Gasteiger partial charge in [0.05, 0.1) is 17.4 Å². The highest BCUT2D eigenvalue weighted by Gasteiger charge is 2.16. The molecule has 1 heterocycles. The molecule has 0 aliphatic carbocycles. The van der Waals surface area contributed by atoms with Crippen LogP contribution in [-0.4, -0.2) is 23.8 Å². The second-order valence-corrected chi connectivity index (χ2v) is 8.24. The van der Waals surface area contributed by atoms with E-state index in [1.165, 1.54) is 6.08 Å². The van der Waals surface area contributed by atoms with Gasteiger partial charge in [-0.3, -0.25) is 9.59 Å². The van der Waals surface area contributed by atoms with Gasteiger partial charge in [-0.15, -0.1) is 11.6 Å². The van der Waals surface area contributed by atoms with Crippen molar-refractivity contribution in [3.8, 4) is 11.1 Å². The number of halogens is 4. The maximum absolute atomic E-state index is 12.3. The van der Waals surface area contributed by atoms with Crippen molar-refractivity contribution in [2.45, 2.75) is 12.4 Å². The number of hydrogen-bond acceptors (Lipinski definition) is 2. The fourth-order valence-electron chi connectivity index (χ4n) is 3.07. The van der Waals surface area contributed by atoms with Crippen LogP contribution in [0.3, 0.4) is 0 Å². The lowest BCUT2D eigenvalue weighted by molar-refractivity contribution is -0.116. The van der Waals surface area contributed by atoms with Gasteiger partial charge in [-0.1, -0.05) is 53.0 Å². The largest absolute Gasteiger partial charge is 0.355 e. The molecule has 5 nitrogen and oxygen atoms in total. The Morgan fingerprint density at radius 2 is 1.75 bits per heavy atom. The lowest BCUT2D eigenvalue weighted by Gasteiger charge is -2.11. The summed E-state index contributed by atoms with van der Waals surface area (Å²) >= 11 is 24.8. The number of carbonyl (C=O) groups excluding carboxylic acids is 2. The molecule has 1 aromatic heterocycles. The number of aromatic amines is 1. The van der Waals surface area contributed by atoms with E-state index in [0.717, 1.165) is 11.1 Å². The van der Waals surface area contributed by atoms with Crippen LogP contribution < -0.4 is 10.6 Å². The van der Waals surface area contributed by atoms with Gasteiger partial charge in [0.1, 0.15) is 5.15 Å². The molecule has 0 unspecified atom stereocenters. The Morgan fingerprint density at radius 3 is 2.41 bits per heavy atom. The number of carbonyl (C=O) groups is 2. The van der Waals surface area contributed by atoms with Crippen molar-refractivity contribution < 1.29 is 9.59 Å². The van der Waals surface area contributed by atoms with E-state index in [1.807, 2.05) is 0 Å². The van der Waals surface area contributed by atoms with Gasteiger partial charge < -0.3 is 15.6 Å². The molecule has 0 bridgehead atoms. The average Bonchev–Trinajstić information content (AvgIpc) is 3.16. The zero-order valence-corrected chi connectivity index (χ0v) is 20.0. The van der Waals surface area contributed by atoms with E-state index in [1.54, 1.807) is 55.6 Å². The summed E-state index contributed by atoms with van der Waals surface area (Å²) in [5, 5.41) is 6.71. The molecule has 0 saturated carbocycles. The molecule has 0 fully saturated rings. The lowest BCUT2D eigenvalue weighted by atomic mass is 10.0. The van der Waals surface area contributed by atoms with Crippen LogP contribution in [0.25, 0.3) is 17.2 Å². The predicted molar refractivity (Wildman–Crippen MR) is 132 cm³/mol. The Hall–Kier alpha value is -2.44. The molecule has 166 valence electrons. The first-order valence-corrected chi connectivity index (χ1v) is 11.2. The smallest absolute Gasteiger partial charge is 0.251 e. The molecule has 0 saturated heterocycles. The van der Waals surface area contributed by atoms with Crippen LogP contribution in [0.4, 0.5) is 0 Å². The van der Waals surface area contributed by atoms with Crippen molar-refractivity contribution in [3.05, 3.63) is 86.1 Å². The standard InChI is InChI=1S/C23H19Cl4N3O2/c1-28-23(32)14-5-2-13(3-6-14)4-9-21(31)29-12-19-16(10-20(26)30-19)15-7-8-18(25)17(11-24)22(15)27/h2-10,30H,11-12H2,1H3,(H,28,32)(H,29,31). The number of nitrogens with one attached hydrogen (secondary N) is 3. The quantitative estimate of drug-likeness (QED) is 0.266. The molecule has 0 aliphatic rings. The van der Waals surface area contributed by atoms with Crippen molar-refractivity contribution in [2.24, 2.45) is 0 Å². The first-order valence-electron chi connectivity index (χ1n) is 9.52. The van der Waals surface area contributed by atoms with E-state index in [0.29, 0.717) is 37.6 Å². The number of benzene rings is 2. The molecule has 0 aliphatic heterocycles. The van der Waals surface area contributed by atoms with E-state index in [4.69, 9.17) is 46.4 Å². The minimum absolute atomic E-state index is 0.169. The van der Waals surface area contributed by atoms with Crippen molar-refractivity contribution >= 4 is 64.3 Å². The molecule has 3 aromatic rings. The molecule has 0 radical (unpaired) electrons. The van der Waals surface area contributed by atoms with Crippen LogP contribution in [0.2, 0.25) is 15.2 Å². The lowest BCUT2D eigenvalue weighted by Crippen LogP contribution is -2.20. The van der Waals surface area contributed by atoms with Gasteiger partial charge in [-0.25, -0.2) is 0 Å². The van der Waals surface area contributed by atoms with Gasteiger partial charge in [0, 0.05) is 46.1 Å². The second kappa shape index (κ2) is 10.9. The first-order chi connectivity index (χ1) is 15.3. The molecule has 3 rings (SSSR count). The van der Waals surface area contributed by atoms with Crippen LogP contribution in [0.5, 0.6) is 0 Å². The SMILES string of the molecule is CNC(=O)c1ccc(C=CC(=O)NCc2[nH]c(Cl)cc2-c2ccc(Cl)c(CCl)c2Cl)cc1. The molecule has 0 spiro atoms. The van der Waals surface area contributed by atoms with Crippen molar-refractivity contribution in [2.75, 3.05) is 7.05 Å². The van der Waals surface area contributed by atoms with Crippen molar-refractivity contribution in [1.82, 2.24) is 15.6 Å². The van der Waals surface area contributed by atoms with Crippen molar-refractivity contribution in [3.63, 3.8) is 0 Å². The van der Waals surface area contributed by atoms with Crippen LogP contribution in [0.15, 0.2) is 48.5 Å². The van der Waals surface area contributed by atoms with Crippen LogP contribution in [0.1, 0.15) is 27.2 Å². The Kier molecular flexibility index (Phi) is 8.26. The molecule has 32 heavy (non-hydrogen) atoms. The summed E-state index contributed by atoms with van der Waals surface area (Å²) in [6, 6.07) is 12.1. The van der Waals surface area contributed by atoms with Gasteiger partial charge in [-0.2, -0.15) is 0 Å². The van der Waals surface area contributed by atoms with Crippen molar-refractivity contribution in [1.29, 1.82) is 0 Å². The van der Waals surface area contributed by atoms with Gasteiger partial charge in [-0.05, 0) is 35.9 Å². The Labute approximate surface area is 205 Å². The van der Waals surface area contributed by atoms with Gasteiger partial charge >= 0.3 is 0 Å². The zero-order valence-electron chi connectivity index (χ0n) is 16.9. The maximum atomic E-state index is 12.3. The summed E-state index contributed by atoms with van der Waals surface area (Å²) in [6.07, 6.45) is 3.08. The van der Waals surface area contributed by atoms with Gasteiger partial charge in [0.15, 0.2) is 0 Å². The highest BCUT2D eigenvalue weighted by Crippen LogP contribution is 2.38. The summed E-state index contributed by atoms with van der Waals surface area (Å²) in [5.74, 6) is -0.289. The topological polar surface area (TPSA) is 74.0 Å². The van der Waals surface area contributed by atoms with E-state index < -0.39 is 0 Å². The van der Waals surface area contributed by atoms with E-state index in [9.17, 15) is 9.59 Å². The van der Waals surface area contributed by atoms with Crippen LogP contribution in [0, 0.1) is 0 Å². The minimum atomic E-state index is -0.291. The molecule has 3 N–H and O–H groups in total. The summed E-state index contributed by atoms with van der Waals surface area (Å²) in [4.78, 5) is 26.9. The molecule has 9 heteroatoms. The van der Waals surface area contributed by atoms with E-state index in [2.05, 4.69) is 15.6 Å². The zero-order chi connectivity index (χ0) is 23.3. The Bertz CT molecular complexity index is 1170. The summed E-state index contributed by atoms with van der Waals surface area (Å²) in [7, 11) is 1.57. The molecular weight excluding hydrogens is 492 g/mol. The summed E-state index contributed by atoms with van der Waals surface area (Å²) in [5.41, 5.74) is 4.12. The van der Waals surface area contributed by atoms with E-state index >= 15 is 0 Å². The number of hydrogen-bond donors (Lipinski definition) is 3. The molecule has 2 amide bonds. The summed E-state index contributed by atoms with van der Waals surface area (Å²) in [6.45, 7) is 0.204. The maximum Gasteiger partial charge on any atom is 0.251 e. The number of H-pyrrole nitrogens is 1. The first kappa shape index (κ1) is 24.2.